The van der Waals surface area contributed by atoms with Gasteiger partial charge in [-0.1, -0.05) is 66.9 Å². The van der Waals surface area contributed by atoms with Crippen LogP contribution in [0.4, 0.5) is 4.39 Å². The van der Waals surface area contributed by atoms with E-state index in [0.717, 1.165) is 18.4 Å². The third kappa shape index (κ3) is 5.25. The van der Waals surface area contributed by atoms with Crippen LogP contribution in [0.15, 0.2) is 72.8 Å². The normalized spacial score (nSPS) is 23.4. The van der Waals surface area contributed by atoms with Gasteiger partial charge >= 0.3 is 0 Å². The van der Waals surface area contributed by atoms with E-state index in [2.05, 4.69) is 5.48 Å². The van der Waals surface area contributed by atoms with E-state index in [9.17, 15) is 19.1 Å². The number of rotatable bonds is 6. The lowest BCUT2D eigenvalue weighted by Gasteiger charge is -2.48. The molecule has 0 radical (unpaired) electrons. The van der Waals surface area contributed by atoms with Crippen LogP contribution in [0.2, 0.25) is 5.02 Å². The van der Waals surface area contributed by atoms with Gasteiger partial charge in [-0.25, -0.2) is 9.87 Å². The molecule has 1 aliphatic heterocycles. The van der Waals surface area contributed by atoms with E-state index in [1.54, 1.807) is 53.4 Å². The summed E-state index contributed by atoms with van der Waals surface area (Å²) in [5.41, 5.74) is 5.02. The minimum atomic E-state index is -0.794. The topological polar surface area (TPSA) is 78.9 Å². The highest BCUT2D eigenvalue weighted by molar-refractivity contribution is 6.30. The van der Waals surface area contributed by atoms with Crippen LogP contribution in [0.1, 0.15) is 64.7 Å². The van der Waals surface area contributed by atoms with E-state index in [4.69, 9.17) is 16.4 Å². The van der Waals surface area contributed by atoms with E-state index in [0.29, 0.717) is 34.6 Å². The average Bonchev–Trinajstić information content (AvgIpc) is 2.91. The van der Waals surface area contributed by atoms with Gasteiger partial charge in [0.25, 0.3) is 11.8 Å². The third-order valence-electron chi connectivity index (χ3n) is 7.25. The monoisotopic (exact) mass is 522 g/mol. The maximum absolute atomic E-state index is 13.9. The number of nitrogens with zero attached hydrogens (tertiary/aromatic N) is 1. The third-order valence-corrected chi connectivity index (χ3v) is 7.50. The highest BCUT2D eigenvalue weighted by atomic mass is 35.5. The molecule has 3 aromatic rings. The van der Waals surface area contributed by atoms with Crippen molar-refractivity contribution in [3.63, 3.8) is 0 Å². The molecule has 37 heavy (non-hydrogen) atoms. The number of carbonyl (C=O) groups is 2. The Morgan fingerprint density at radius 3 is 2.46 bits per heavy atom. The van der Waals surface area contributed by atoms with Crippen LogP contribution in [0.3, 0.4) is 0 Å². The summed E-state index contributed by atoms with van der Waals surface area (Å²) in [6.45, 7) is 0.0516. The molecule has 1 fully saturated rings. The molecular weight excluding hydrogens is 495 g/mol. The van der Waals surface area contributed by atoms with Crippen molar-refractivity contribution in [1.29, 1.82) is 0 Å². The zero-order valence-corrected chi connectivity index (χ0v) is 20.9. The molecule has 1 heterocycles. The van der Waals surface area contributed by atoms with Gasteiger partial charge in [0.05, 0.1) is 30.7 Å². The highest BCUT2D eigenvalue weighted by Gasteiger charge is 2.48. The van der Waals surface area contributed by atoms with Crippen LogP contribution in [-0.4, -0.2) is 34.0 Å². The smallest absolute Gasteiger partial charge is 0.255 e. The van der Waals surface area contributed by atoms with Crippen molar-refractivity contribution in [2.45, 2.75) is 56.4 Å². The Morgan fingerprint density at radius 2 is 1.73 bits per heavy atom. The lowest BCUT2D eigenvalue weighted by molar-refractivity contribution is -0.138. The van der Waals surface area contributed by atoms with Gasteiger partial charge in [-0.3, -0.25) is 14.4 Å². The molecule has 5 rings (SSSR count). The number of carbonyl (C=O) groups excluding carboxylic acids is 2. The highest BCUT2D eigenvalue weighted by Crippen LogP contribution is 2.46. The van der Waals surface area contributed by atoms with E-state index < -0.39 is 30.0 Å². The average molecular weight is 523 g/mol. The van der Waals surface area contributed by atoms with Crippen LogP contribution >= 0.6 is 11.6 Å². The van der Waals surface area contributed by atoms with E-state index in [-0.39, 0.29) is 18.3 Å². The number of aliphatic hydroxyl groups is 1. The van der Waals surface area contributed by atoms with Crippen molar-refractivity contribution >= 4 is 23.4 Å². The first kappa shape index (κ1) is 25.4. The van der Waals surface area contributed by atoms with Gasteiger partial charge in [0, 0.05) is 10.6 Å². The van der Waals surface area contributed by atoms with E-state index in [1.165, 1.54) is 12.1 Å². The van der Waals surface area contributed by atoms with E-state index in [1.807, 2.05) is 12.1 Å². The van der Waals surface area contributed by atoms with Crippen LogP contribution in [-0.2, 0) is 16.2 Å². The molecule has 8 heteroatoms. The van der Waals surface area contributed by atoms with Gasteiger partial charge in [-0.05, 0) is 59.9 Å². The fourth-order valence-corrected chi connectivity index (χ4v) is 5.59. The standard InChI is InChI=1S/C29H28ClFN2O4/c30-20-13-11-19(12-14-20)27-26(28(35)32-37-17-18-9-15-21(31)16-10-18)22-5-1-2-6-23(22)29(36)33(27)24-7-3-4-8-25(24)34/h1-2,5-6,9-16,24-27,34H,3-4,7-8,17H2,(H,32,35)/t24-,25-,26+,27-/m0/s1. The van der Waals surface area contributed by atoms with Crippen molar-refractivity contribution in [3.8, 4) is 0 Å². The maximum Gasteiger partial charge on any atom is 0.255 e. The van der Waals surface area contributed by atoms with E-state index >= 15 is 0 Å². The van der Waals surface area contributed by atoms with Gasteiger partial charge in [-0.2, -0.15) is 0 Å². The second-order valence-electron chi connectivity index (χ2n) is 9.57. The number of hydroxylamine groups is 1. The predicted molar refractivity (Wildman–Crippen MR) is 137 cm³/mol. The Morgan fingerprint density at radius 1 is 1.03 bits per heavy atom. The van der Waals surface area contributed by atoms with Gasteiger partial charge < -0.3 is 10.0 Å². The Labute approximate surface area is 220 Å². The molecule has 4 atom stereocenters. The summed E-state index contributed by atoms with van der Waals surface area (Å²) in [6, 6.07) is 18.9. The predicted octanol–water partition coefficient (Wildman–Crippen LogP) is 5.31. The van der Waals surface area contributed by atoms with Crippen molar-refractivity contribution in [3.05, 3.63) is 106 Å². The Bertz CT molecular complexity index is 1270. The number of halogens is 2. The number of amides is 2. The molecule has 0 saturated heterocycles. The molecule has 2 aliphatic rings. The number of nitrogens with one attached hydrogen (secondary N) is 1. The quantitative estimate of drug-likeness (QED) is 0.430. The number of fused-ring (bicyclic) bond motifs is 1. The van der Waals surface area contributed by atoms with Crippen molar-refractivity contribution in [2.75, 3.05) is 0 Å². The van der Waals surface area contributed by atoms with Crippen molar-refractivity contribution < 1.29 is 23.9 Å². The van der Waals surface area contributed by atoms with Gasteiger partial charge in [0.2, 0.25) is 0 Å². The second kappa shape index (κ2) is 11.0. The maximum atomic E-state index is 13.9. The molecule has 0 unspecified atom stereocenters. The first-order valence-corrected chi connectivity index (χ1v) is 12.8. The van der Waals surface area contributed by atoms with Crippen molar-refractivity contribution in [1.82, 2.24) is 10.4 Å². The minimum absolute atomic E-state index is 0.0516. The molecule has 0 spiro atoms. The van der Waals surface area contributed by atoms with Crippen molar-refractivity contribution in [2.24, 2.45) is 0 Å². The summed E-state index contributed by atoms with van der Waals surface area (Å²) >= 11 is 6.16. The molecule has 2 amide bonds. The Balaban J connectivity index is 1.52. The number of benzene rings is 3. The van der Waals surface area contributed by atoms with Crippen LogP contribution in [0.5, 0.6) is 0 Å². The largest absolute Gasteiger partial charge is 0.391 e. The molecular formula is C29H28ClFN2O4. The van der Waals surface area contributed by atoms with Crippen LogP contribution in [0, 0.1) is 5.82 Å². The molecule has 1 aliphatic carbocycles. The molecule has 192 valence electrons. The number of hydrogen-bond donors (Lipinski definition) is 2. The summed E-state index contributed by atoms with van der Waals surface area (Å²) in [6.07, 6.45) is 2.34. The molecule has 1 saturated carbocycles. The Hall–Kier alpha value is -3.26. The van der Waals surface area contributed by atoms with Crippen LogP contribution < -0.4 is 5.48 Å². The molecule has 0 bridgehead atoms. The van der Waals surface area contributed by atoms with Gasteiger partial charge in [-0.15, -0.1) is 0 Å². The Kier molecular flexibility index (Phi) is 7.55. The summed E-state index contributed by atoms with van der Waals surface area (Å²) in [4.78, 5) is 34.9. The van der Waals surface area contributed by atoms with Gasteiger partial charge in [0.15, 0.2) is 0 Å². The van der Waals surface area contributed by atoms with Crippen LogP contribution in [0.25, 0.3) is 0 Å². The lowest BCUT2D eigenvalue weighted by atomic mass is 9.77. The molecule has 0 aromatic heterocycles. The SMILES string of the molecule is O=C(NOCc1ccc(F)cc1)[C@@H]1c2ccccc2C(=O)N([C@H]2CCCC[C@@H]2O)[C@H]1c1ccc(Cl)cc1. The zero-order valence-electron chi connectivity index (χ0n) is 20.1. The first-order chi connectivity index (χ1) is 17.9. The zero-order chi connectivity index (χ0) is 25.9. The minimum Gasteiger partial charge on any atom is -0.391 e. The fraction of sp³-hybridized carbons (Fsp3) is 0.310. The fourth-order valence-electron chi connectivity index (χ4n) is 5.46. The summed E-state index contributed by atoms with van der Waals surface area (Å²) in [5, 5.41) is 11.5. The number of hydrogen-bond acceptors (Lipinski definition) is 4. The lowest BCUT2D eigenvalue weighted by Crippen LogP contribution is -2.55. The molecule has 2 N–H and O–H groups in total. The summed E-state index contributed by atoms with van der Waals surface area (Å²) in [5.74, 6) is -1.78. The second-order valence-corrected chi connectivity index (χ2v) is 10.0. The summed E-state index contributed by atoms with van der Waals surface area (Å²) < 4.78 is 13.2. The molecule has 6 nitrogen and oxygen atoms in total. The summed E-state index contributed by atoms with van der Waals surface area (Å²) in [7, 11) is 0. The number of aliphatic hydroxyl groups excluding tert-OH is 1. The van der Waals surface area contributed by atoms with Gasteiger partial charge in [0.1, 0.15) is 5.82 Å². The first-order valence-electron chi connectivity index (χ1n) is 12.5. The molecule has 3 aromatic carbocycles.